The third kappa shape index (κ3) is 10.2. The quantitative estimate of drug-likeness (QED) is 0.0932. The van der Waals surface area contributed by atoms with Crippen LogP contribution in [0.1, 0.15) is 77.2 Å². The molecule has 0 aliphatic rings. The van der Waals surface area contributed by atoms with Crippen LogP contribution in [-0.2, 0) is 15.6 Å². The highest BCUT2D eigenvalue weighted by Gasteiger charge is 2.51. The van der Waals surface area contributed by atoms with E-state index < -0.39 is 20.0 Å². The van der Waals surface area contributed by atoms with E-state index in [2.05, 4.69) is 69.3 Å². The number of Topliss-reactive ketones (excluding diaryl/α,β-unsaturated/α-hetero) is 1. The molecule has 0 aromatic heterocycles. The number of para-hydroxylation sites is 1. The molecule has 1 atom stereocenters. The summed E-state index contributed by atoms with van der Waals surface area (Å²) >= 11 is 0. The minimum absolute atomic E-state index is 0.0188. The zero-order valence-electron chi connectivity index (χ0n) is 30.3. The summed E-state index contributed by atoms with van der Waals surface area (Å²) in [7, 11) is -3.03. The second-order valence-corrected chi connectivity index (χ2v) is 18.8. The Kier molecular flexibility index (Phi) is 13.0. The Bertz CT molecular complexity index is 1570. The van der Waals surface area contributed by atoms with Crippen LogP contribution in [-0.4, -0.2) is 56.5 Å². The summed E-state index contributed by atoms with van der Waals surface area (Å²) in [5.74, 6) is 0.529. The molecule has 1 unspecified atom stereocenters. The molecule has 4 aromatic rings. The number of hydrogen-bond acceptors (Lipinski definition) is 5. The first-order chi connectivity index (χ1) is 23.3. The van der Waals surface area contributed by atoms with Crippen LogP contribution in [0, 0.1) is 0 Å². The van der Waals surface area contributed by atoms with Crippen molar-refractivity contribution in [2.24, 2.45) is 0 Å². The van der Waals surface area contributed by atoms with E-state index >= 15 is 0 Å². The molecule has 4 aromatic carbocycles. The summed E-state index contributed by atoms with van der Waals surface area (Å²) in [4.78, 5) is 28.8. The number of hydrogen-bond donors (Lipinski definition) is 0. The van der Waals surface area contributed by atoms with Gasteiger partial charge in [-0.25, -0.2) is 4.79 Å². The number of aryl methyl sites for hydroxylation is 1. The Hall–Kier alpha value is -4.20. The first-order valence-corrected chi connectivity index (χ1v) is 19.3. The molecule has 0 heterocycles. The molecule has 6 nitrogen and oxygen atoms in total. The number of nitrogens with zero attached hydrogens (tertiary/aromatic N) is 1. The van der Waals surface area contributed by atoms with Gasteiger partial charge in [-0.05, 0) is 66.7 Å². The molecule has 1 amide bonds. The van der Waals surface area contributed by atoms with Gasteiger partial charge in [0.1, 0.15) is 18.0 Å². The van der Waals surface area contributed by atoms with Gasteiger partial charge in [0.25, 0.3) is 8.32 Å². The standard InChI is InChI=1S/C42H53NO5Si/c1-8-30-43(40(45)47-41(2,3)4)31-34(32-46-39-27-19-18-26-37(39)38(44)29-28-33-20-12-9-13-21-33)48-49(42(5,6)7,35-22-14-10-15-23-35)36-24-16-11-17-25-36/h9-27,34H,8,28-32H2,1-7H3. The summed E-state index contributed by atoms with van der Waals surface area (Å²) in [6, 6.07) is 38.3. The average Bonchev–Trinajstić information content (AvgIpc) is 3.08. The lowest BCUT2D eigenvalue weighted by molar-refractivity contribution is 0.0116. The normalized spacial score (nSPS) is 12.6. The fourth-order valence-corrected chi connectivity index (χ4v) is 10.9. The van der Waals surface area contributed by atoms with Crippen molar-refractivity contribution < 1.29 is 23.5 Å². The van der Waals surface area contributed by atoms with Crippen LogP contribution in [0.5, 0.6) is 5.75 Å². The summed E-state index contributed by atoms with van der Waals surface area (Å²) < 4.78 is 20.0. The highest BCUT2D eigenvalue weighted by atomic mass is 28.4. The van der Waals surface area contributed by atoms with E-state index in [0.717, 1.165) is 22.4 Å². The van der Waals surface area contributed by atoms with Gasteiger partial charge in [-0.3, -0.25) is 4.79 Å². The number of ketones is 1. The number of amides is 1. The molecule has 0 aliphatic carbocycles. The number of carbonyl (C=O) groups excluding carboxylic acids is 2. The molecule has 0 saturated carbocycles. The van der Waals surface area contributed by atoms with Crippen LogP contribution < -0.4 is 15.1 Å². The van der Waals surface area contributed by atoms with Gasteiger partial charge in [0, 0.05) is 13.0 Å². The molecule has 0 radical (unpaired) electrons. The molecule has 0 saturated heterocycles. The Morgan fingerprint density at radius 3 is 1.80 bits per heavy atom. The topological polar surface area (TPSA) is 65.1 Å². The molecule has 0 spiro atoms. The molecule has 0 aliphatic heterocycles. The zero-order valence-corrected chi connectivity index (χ0v) is 31.3. The molecular weight excluding hydrogens is 627 g/mol. The molecular formula is C42H53NO5Si. The van der Waals surface area contributed by atoms with Crippen LogP contribution in [0.25, 0.3) is 0 Å². The Labute approximate surface area is 294 Å². The van der Waals surface area contributed by atoms with E-state index in [0.29, 0.717) is 30.7 Å². The molecule has 0 fully saturated rings. The number of ether oxygens (including phenoxy) is 2. The van der Waals surface area contributed by atoms with Crippen LogP contribution >= 0.6 is 0 Å². The van der Waals surface area contributed by atoms with Crippen LogP contribution in [0.4, 0.5) is 4.79 Å². The van der Waals surface area contributed by atoms with Crippen molar-refractivity contribution in [1.29, 1.82) is 0 Å². The maximum Gasteiger partial charge on any atom is 0.410 e. The fourth-order valence-electron chi connectivity index (χ4n) is 6.21. The third-order valence-corrected chi connectivity index (χ3v) is 13.5. The Balaban J connectivity index is 1.73. The molecule has 260 valence electrons. The maximum atomic E-state index is 13.6. The minimum Gasteiger partial charge on any atom is -0.490 e. The van der Waals surface area contributed by atoms with Crippen LogP contribution in [0.3, 0.4) is 0 Å². The lowest BCUT2D eigenvalue weighted by Gasteiger charge is -2.45. The first kappa shape index (κ1) is 37.6. The predicted octanol–water partition coefficient (Wildman–Crippen LogP) is 8.47. The Morgan fingerprint density at radius 1 is 0.735 bits per heavy atom. The molecule has 7 heteroatoms. The summed E-state index contributed by atoms with van der Waals surface area (Å²) in [5.41, 5.74) is 1.01. The van der Waals surface area contributed by atoms with E-state index in [9.17, 15) is 9.59 Å². The van der Waals surface area contributed by atoms with Gasteiger partial charge in [-0.15, -0.1) is 0 Å². The lowest BCUT2D eigenvalue weighted by atomic mass is 10.0. The van der Waals surface area contributed by atoms with Crippen molar-refractivity contribution in [2.45, 2.75) is 84.5 Å². The van der Waals surface area contributed by atoms with Gasteiger partial charge in [-0.2, -0.15) is 0 Å². The van der Waals surface area contributed by atoms with E-state index in [-0.39, 0.29) is 30.1 Å². The van der Waals surface area contributed by atoms with Gasteiger partial charge in [0.2, 0.25) is 0 Å². The van der Waals surface area contributed by atoms with Crippen molar-refractivity contribution in [3.05, 3.63) is 126 Å². The van der Waals surface area contributed by atoms with Crippen molar-refractivity contribution in [3.8, 4) is 5.75 Å². The number of carbonyl (C=O) groups is 2. The highest BCUT2D eigenvalue weighted by Crippen LogP contribution is 2.38. The second kappa shape index (κ2) is 16.9. The molecule has 0 N–H and O–H groups in total. The third-order valence-electron chi connectivity index (χ3n) is 8.43. The van der Waals surface area contributed by atoms with Gasteiger partial charge >= 0.3 is 6.09 Å². The number of rotatable bonds is 15. The first-order valence-electron chi connectivity index (χ1n) is 17.4. The maximum absolute atomic E-state index is 13.6. The smallest absolute Gasteiger partial charge is 0.410 e. The zero-order chi connectivity index (χ0) is 35.5. The summed E-state index contributed by atoms with van der Waals surface area (Å²) in [6.45, 7) is 15.3. The lowest BCUT2D eigenvalue weighted by Crippen LogP contribution is -2.68. The van der Waals surface area contributed by atoms with Crippen molar-refractivity contribution in [1.82, 2.24) is 4.90 Å². The van der Waals surface area contributed by atoms with Crippen LogP contribution in [0.15, 0.2) is 115 Å². The van der Waals surface area contributed by atoms with Gasteiger partial charge in [-0.1, -0.05) is 131 Å². The van der Waals surface area contributed by atoms with Crippen molar-refractivity contribution in [2.75, 3.05) is 19.7 Å². The summed E-state index contributed by atoms with van der Waals surface area (Å²) in [5, 5.41) is 1.98. The van der Waals surface area contributed by atoms with Gasteiger partial charge in [0.05, 0.1) is 18.2 Å². The second-order valence-electron chi connectivity index (χ2n) is 14.5. The fraction of sp³-hybridized carbons (Fsp3) is 0.381. The Morgan fingerprint density at radius 2 is 1.27 bits per heavy atom. The molecule has 0 bridgehead atoms. The predicted molar refractivity (Wildman–Crippen MR) is 202 cm³/mol. The monoisotopic (exact) mass is 679 g/mol. The van der Waals surface area contributed by atoms with E-state index in [1.165, 1.54) is 0 Å². The van der Waals surface area contributed by atoms with E-state index in [1.54, 1.807) is 4.90 Å². The largest absolute Gasteiger partial charge is 0.490 e. The van der Waals surface area contributed by atoms with E-state index in [4.69, 9.17) is 13.9 Å². The average molecular weight is 680 g/mol. The SMILES string of the molecule is CCCN(CC(COc1ccccc1C(=O)CCc1ccccc1)O[Si](c1ccccc1)(c1ccccc1)C(C)(C)C)C(=O)OC(C)(C)C. The molecule has 49 heavy (non-hydrogen) atoms. The highest BCUT2D eigenvalue weighted by molar-refractivity contribution is 6.99. The van der Waals surface area contributed by atoms with E-state index in [1.807, 2.05) is 94.4 Å². The van der Waals surface area contributed by atoms with Crippen molar-refractivity contribution in [3.63, 3.8) is 0 Å². The number of benzene rings is 4. The van der Waals surface area contributed by atoms with Crippen LogP contribution in [0.2, 0.25) is 5.04 Å². The van der Waals surface area contributed by atoms with Gasteiger partial charge in [0.15, 0.2) is 5.78 Å². The summed E-state index contributed by atoms with van der Waals surface area (Å²) in [6.07, 6.45) is 0.843. The van der Waals surface area contributed by atoms with Crippen molar-refractivity contribution >= 4 is 30.6 Å². The minimum atomic E-state index is -3.03. The van der Waals surface area contributed by atoms with Gasteiger partial charge < -0.3 is 18.8 Å². The molecule has 4 rings (SSSR count).